The van der Waals surface area contributed by atoms with Crippen LogP contribution in [0.2, 0.25) is 0 Å². The fraction of sp³-hybridized carbons (Fsp3) is 0.364. The first-order valence-corrected chi connectivity index (χ1v) is 7.64. The molecule has 1 saturated carbocycles. The number of aromatic carboxylic acids is 1. The summed E-state index contributed by atoms with van der Waals surface area (Å²) < 4.78 is 26.9. The highest BCUT2D eigenvalue weighted by molar-refractivity contribution is 9.10. The smallest absolute Gasteiger partial charge is 0.336 e. The quantitative estimate of drug-likeness (QED) is 0.880. The third-order valence-electron chi connectivity index (χ3n) is 2.89. The Morgan fingerprint density at radius 2 is 2.11 bits per heavy atom. The largest absolute Gasteiger partial charge is 0.478 e. The topological polar surface area (TPSA) is 83.5 Å². The van der Waals surface area contributed by atoms with Crippen molar-refractivity contribution in [2.24, 2.45) is 5.92 Å². The summed E-state index contributed by atoms with van der Waals surface area (Å²) in [5.41, 5.74) is -0.0679. The number of hydrogen-bond acceptors (Lipinski definition) is 3. The van der Waals surface area contributed by atoms with Gasteiger partial charge in [0, 0.05) is 10.5 Å². The minimum atomic E-state index is -3.64. The lowest BCUT2D eigenvalue weighted by molar-refractivity contribution is 0.0695. The molecule has 0 aromatic heterocycles. The van der Waals surface area contributed by atoms with Gasteiger partial charge in [0.05, 0.1) is 10.5 Å². The Balaban J connectivity index is 2.33. The molecule has 0 bridgehead atoms. The van der Waals surface area contributed by atoms with E-state index in [1.807, 2.05) is 6.92 Å². The number of nitrogens with one attached hydrogen (secondary N) is 1. The monoisotopic (exact) mass is 333 g/mol. The number of benzene rings is 1. The van der Waals surface area contributed by atoms with Crippen LogP contribution in [0, 0.1) is 5.92 Å². The number of carboxylic acids is 1. The number of halogens is 1. The first-order chi connectivity index (χ1) is 8.31. The minimum absolute atomic E-state index is 0.0257. The molecule has 0 radical (unpaired) electrons. The van der Waals surface area contributed by atoms with Crippen LogP contribution in [0.25, 0.3) is 0 Å². The second kappa shape index (κ2) is 4.64. The third kappa shape index (κ3) is 2.73. The van der Waals surface area contributed by atoms with Gasteiger partial charge in [-0.3, -0.25) is 0 Å². The van der Waals surface area contributed by atoms with E-state index in [9.17, 15) is 13.2 Å². The van der Waals surface area contributed by atoms with Gasteiger partial charge < -0.3 is 5.11 Å². The van der Waals surface area contributed by atoms with E-state index < -0.39 is 16.0 Å². The summed E-state index contributed by atoms with van der Waals surface area (Å²) in [7, 11) is -3.64. The molecule has 1 aromatic carbocycles. The summed E-state index contributed by atoms with van der Waals surface area (Å²) >= 11 is 3.07. The number of rotatable bonds is 4. The molecule has 1 aromatic rings. The number of sulfonamides is 1. The molecule has 2 N–H and O–H groups in total. The molecule has 2 unspecified atom stereocenters. The van der Waals surface area contributed by atoms with Crippen molar-refractivity contribution in [3.8, 4) is 0 Å². The van der Waals surface area contributed by atoms with Crippen molar-refractivity contribution in [2.45, 2.75) is 24.3 Å². The predicted octanol–water partition coefficient (Wildman–Crippen LogP) is 1.83. The standard InChI is InChI=1S/C11H12BrNO4S/c1-6-4-10(6)13-18(16,17)7-2-3-9(12)8(5-7)11(14)15/h2-3,5-6,10,13H,4H2,1H3,(H,14,15). The second-order valence-electron chi connectivity index (χ2n) is 4.39. The molecule has 2 atom stereocenters. The van der Waals surface area contributed by atoms with Crippen LogP contribution in [0.15, 0.2) is 27.6 Å². The summed E-state index contributed by atoms with van der Waals surface area (Å²) in [6, 6.07) is 3.93. The fourth-order valence-electron chi connectivity index (χ4n) is 1.59. The Labute approximate surface area is 113 Å². The second-order valence-corrected chi connectivity index (χ2v) is 6.96. The molecule has 0 aliphatic heterocycles. The Hall–Kier alpha value is -0.920. The van der Waals surface area contributed by atoms with Gasteiger partial charge in [0.15, 0.2) is 0 Å². The summed E-state index contributed by atoms with van der Waals surface area (Å²) in [6.07, 6.45) is 0.821. The Kier molecular flexibility index (Phi) is 3.48. The summed E-state index contributed by atoms with van der Waals surface area (Å²) in [5.74, 6) is -0.826. The molecular weight excluding hydrogens is 322 g/mol. The van der Waals surface area contributed by atoms with Crippen LogP contribution in [0.4, 0.5) is 0 Å². The van der Waals surface area contributed by atoms with Gasteiger partial charge in [0.25, 0.3) is 0 Å². The SMILES string of the molecule is CC1CC1NS(=O)(=O)c1ccc(Br)c(C(=O)O)c1. The molecule has 5 nitrogen and oxygen atoms in total. The van der Waals surface area contributed by atoms with Crippen LogP contribution < -0.4 is 4.72 Å². The van der Waals surface area contributed by atoms with Crippen LogP contribution in [0.1, 0.15) is 23.7 Å². The molecule has 0 heterocycles. The summed E-state index contributed by atoms with van der Waals surface area (Å²) in [6.45, 7) is 1.96. The van der Waals surface area contributed by atoms with Gasteiger partial charge in [0.2, 0.25) is 10.0 Å². The van der Waals surface area contributed by atoms with Crippen LogP contribution >= 0.6 is 15.9 Å². The molecule has 1 aliphatic carbocycles. The zero-order valence-electron chi connectivity index (χ0n) is 9.55. The normalized spacial score (nSPS) is 22.8. The van der Waals surface area contributed by atoms with Crippen molar-refractivity contribution in [3.05, 3.63) is 28.2 Å². The molecule has 2 rings (SSSR count). The fourth-order valence-corrected chi connectivity index (χ4v) is 3.39. The van der Waals surface area contributed by atoms with Crippen molar-refractivity contribution < 1.29 is 18.3 Å². The molecule has 0 spiro atoms. The summed E-state index contributed by atoms with van der Waals surface area (Å²) in [5, 5.41) is 8.95. The maximum Gasteiger partial charge on any atom is 0.336 e. The van der Waals surface area contributed by atoms with Gasteiger partial charge in [0.1, 0.15) is 0 Å². The van der Waals surface area contributed by atoms with Gasteiger partial charge >= 0.3 is 5.97 Å². The number of hydrogen-bond donors (Lipinski definition) is 2. The third-order valence-corrected chi connectivity index (χ3v) is 5.07. The zero-order chi connectivity index (χ0) is 13.5. The number of carbonyl (C=O) groups is 1. The van der Waals surface area contributed by atoms with Crippen LogP contribution in [-0.2, 0) is 10.0 Å². The molecule has 1 fully saturated rings. The van der Waals surface area contributed by atoms with E-state index in [0.29, 0.717) is 10.4 Å². The van der Waals surface area contributed by atoms with Crippen molar-refractivity contribution >= 4 is 31.9 Å². The van der Waals surface area contributed by atoms with Crippen LogP contribution in [-0.4, -0.2) is 25.5 Å². The molecule has 98 valence electrons. The van der Waals surface area contributed by atoms with E-state index in [2.05, 4.69) is 20.7 Å². The van der Waals surface area contributed by atoms with Gasteiger partial charge in [-0.2, -0.15) is 0 Å². The highest BCUT2D eigenvalue weighted by atomic mass is 79.9. The maximum atomic E-state index is 12.0. The summed E-state index contributed by atoms with van der Waals surface area (Å²) in [4.78, 5) is 10.9. The number of carboxylic acid groups (broad SMARTS) is 1. The molecule has 0 amide bonds. The molecular formula is C11H12BrNO4S. The lowest BCUT2D eigenvalue weighted by Gasteiger charge is -2.07. The highest BCUT2D eigenvalue weighted by Gasteiger charge is 2.36. The average Bonchev–Trinajstić information content (AvgIpc) is 2.92. The maximum absolute atomic E-state index is 12.0. The van der Waals surface area contributed by atoms with E-state index in [1.165, 1.54) is 12.1 Å². The van der Waals surface area contributed by atoms with Crippen molar-refractivity contribution in [1.82, 2.24) is 4.72 Å². The zero-order valence-corrected chi connectivity index (χ0v) is 12.0. The lowest BCUT2D eigenvalue weighted by Crippen LogP contribution is -2.27. The Morgan fingerprint density at radius 3 is 2.61 bits per heavy atom. The van der Waals surface area contributed by atoms with Gasteiger partial charge in [-0.05, 0) is 46.5 Å². The molecule has 1 aliphatic rings. The Morgan fingerprint density at radius 1 is 1.50 bits per heavy atom. The van der Waals surface area contributed by atoms with E-state index >= 15 is 0 Å². The van der Waals surface area contributed by atoms with Gasteiger partial charge in [-0.1, -0.05) is 6.92 Å². The van der Waals surface area contributed by atoms with E-state index in [4.69, 9.17) is 5.11 Å². The molecule has 7 heteroatoms. The molecule has 18 heavy (non-hydrogen) atoms. The van der Waals surface area contributed by atoms with Crippen LogP contribution in [0.3, 0.4) is 0 Å². The minimum Gasteiger partial charge on any atom is -0.478 e. The van der Waals surface area contributed by atoms with E-state index in [0.717, 1.165) is 12.5 Å². The van der Waals surface area contributed by atoms with Crippen molar-refractivity contribution in [2.75, 3.05) is 0 Å². The van der Waals surface area contributed by atoms with Crippen molar-refractivity contribution in [1.29, 1.82) is 0 Å². The molecule has 0 saturated heterocycles. The van der Waals surface area contributed by atoms with Gasteiger partial charge in [-0.15, -0.1) is 0 Å². The van der Waals surface area contributed by atoms with E-state index in [1.54, 1.807) is 0 Å². The van der Waals surface area contributed by atoms with Crippen LogP contribution in [0.5, 0.6) is 0 Å². The predicted molar refractivity (Wildman–Crippen MR) is 69.0 cm³/mol. The first kappa shape index (κ1) is 13.5. The Bertz CT molecular complexity index is 599. The van der Waals surface area contributed by atoms with Crippen molar-refractivity contribution in [3.63, 3.8) is 0 Å². The van der Waals surface area contributed by atoms with E-state index in [-0.39, 0.29) is 16.5 Å². The first-order valence-electron chi connectivity index (χ1n) is 5.36. The average molecular weight is 334 g/mol. The highest BCUT2D eigenvalue weighted by Crippen LogP contribution is 2.31. The lowest BCUT2D eigenvalue weighted by atomic mass is 10.2. The van der Waals surface area contributed by atoms with Gasteiger partial charge in [-0.25, -0.2) is 17.9 Å².